The summed E-state index contributed by atoms with van der Waals surface area (Å²) in [7, 11) is 0. The number of fused-ring (bicyclic) bond motifs is 1. The van der Waals surface area contributed by atoms with Gasteiger partial charge in [0.05, 0.1) is 17.0 Å². The molecule has 0 saturated heterocycles. The third kappa shape index (κ3) is 2.86. The SMILES string of the molecule is CC(C)n1nccc1-c1cccc(NC(=O)c2c[nH]c3ccccc23)n1. The molecule has 0 spiro atoms. The van der Waals surface area contributed by atoms with Gasteiger partial charge in [0.25, 0.3) is 5.91 Å². The maximum atomic E-state index is 12.7. The van der Waals surface area contributed by atoms with Crippen LogP contribution in [-0.4, -0.2) is 25.7 Å². The Balaban J connectivity index is 1.63. The number of H-pyrrole nitrogens is 1. The van der Waals surface area contributed by atoms with Gasteiger partial charge in [-0.2, -0.15) is 5.10 Å². The number of carbonyl (C=O) groups is 1. The lowest BCUT2D eigenvalue weighted by Crippen LogP contribution is -2.13. The van der Waals surface area contributed by atoms with Crippen LogP contribution in [0.5, 0.6) is 0 Å². The highest BCUT2D eigenvalue weighted by Gasteiger charge is 2.14. The quantitative estimate of drug-likeness (QED) is 0.580. The fourth-order valence-electron chi connectivity index (χ4n) is 3.02. The summed E-state index contributed by atoms with van der Waals surface area (Å²) in [5, 5.41) is 8.12. The van der Waals surface area contributed by atoms with Crippen LogP contribution in [0.2, 0.25) is 0 Å². The highest BCUT2D eigenvalue weighted by molar-refractivity contribution is 6.12. The van der Waals surface area contributed by atoms with Crippen LogP contribution in [0.4, 0.5) is 5.82 Å². The first kappa shape index (κ1) is 16.1. The van der Waals surface area contributed by atoms with Gasteiger partial charge in [0, 0.05) is 29.3 Å². The minimum absolute atomic E-state index is 0.190. The topological polar surface area (TPSA) is 75.6 Å². The second-order valence-electron chi connectivity index (χ2n) is 6.36. The molecular formula is C20H19N5O. The summed E-state index contributed by atoms with van der Waals surface area (Å²) in [4.78, 5) is 20.4. The molecule has 4 aromatic rings. The van der Waals surface area contributed by atoms with E-state index in [9.17, 15) is 4.79 Å². The number of aromatic nitrogens is 4. The van der Waals surface area contributed by atoms with E-state index in [0.717, 1.165) is 22.3 Å². The van der Waals surface area contributed by atoms with E-state index in [1.165, 1.54) is 0 Å². The second kappa shape index (κ2) is 6.48. The van der Waals surface area contributed by atoms with Gasteiger partial charge in [-0.1, -0.05) is 24.3 Å². The number of amides is 1. The van der Waals surface area contributed by atoms with Crippen molar-refractivity contribution in [2.75, 3.05) is 5.32 Å². The van der Waals surface area contributed by atoms with Crippen molar-refractivity contribution in [2.45, 2.75) is 19.9 Å². The predicted molar refractivity (Wildman–Crippen MR) is 102 cm³/mol. The second-order valence-corrected chi connectivity index (χ2v) is 6.36. The first-order chi connectivity index (χ1) is 12.6. The molecule has 4 rings (SSSR count). The summed E-state index contributed by atoms with van der Waals surface area (Å²) in [6, 6.07) is 15.4. The molecule has 130 valence electrons. The number of hydrogen-bond donors (Lipinski definition) is 2. The molecule has 0 bridgehead atoms. The van der Waals surface area contributed by atoms with Gasteiger partial charge >= 0.3 is 0 Å². The van der Waals surface area contributed by atoms with Gasteiger partial charge in [0.15, 0.2) is 0 Å². The molecule has 0 radical (unpaired) electrons. The van der Waals surface area contributed by atoms with Gasteiger partial charge in [0.1, 0.15) is 5.82 Å². The van der Waals surface area contributed by atoms with E-state index in [1.54, 1.807) is 18.5 Å². The summed E-state index contributed by atoms with van der Waals surface area (Å²) in [5.74, 6) is 0.318. The molecule has 0 fully saturated rings. The highest BCUT2D eigenvalue weighted by atomic mass is 16.1. The Morgan fingerprint density at radius 2 is 1.96 bits per heavy atom. The average molecular weight is 345 g/mol. The number of nitrogens with zero attached hydrogens (tertiary/aromatic N) is 3. The number of aromatic amines is 1. The van der Waals surface area contributed by atoms with Crippen molar-refractivity contribution in [2.24, 2.45) is 0 Å². The van der Waals surface area contributed by atoms with Crippen LogP contribution in [0.15, 0.2) is 60.9 Å². The van der Waals surface area contributed by atoms with Crippen molar-refractivity contribution in [3.63, 3.8) is 0 Å². The van der Waals surface area contributed by atoms with E-state index in [4.69, 9.17) is 0 Å². The predicted octanol–water partition coefficient (Wildman–Crippen LogP) is 4.26. The van der Waals surface area contributed by atoms with E-state index in [0.29, 0.717) is 11.4 Å². The summed E-state index contributed by atoms with van der Waals surface area (Å²) >= 11 is 0. The largest absolute Gasteiger partial charge is 0.360 e. The molecule has 26 heavy (non-hydrogen) atoms. The smallest absolute Gasteiger partial charge is 0.258 e. The maximum Gasteiger partial charge on any atom is 0.258 e. The molecule has 6 nitrogen and oxygen atoms in total. The van der Waals surface area contributed by atoms with Crippen LogP contribution < -0.4 is 5.32 Å². The Labute approximate surface area is 150 Å². The minimum atomic E-state index is -0.190. The molecule has 0 atom stereocenters. The third-order valence-corrected chi connectivity index (χ3v) is 4.25. The summed E-state index contributed by atoms with van der Waals surface area (Å²) < 4.78 is 1.91. The van der Waals surface area contributed by atoms with Crippen molar-refractivity contribution in [1.29, 1.82) is 0 Å². The van der Waals surface area contributed by atoms with Gasteiger partial charge in [-0.05, 0) is 38.1 Å². The Morgan fingerprint density at radius 1 is 1.12 bits per heavy atom. The number of pyridine rings is 1. The van der Waals surface area contributed by atoms with Crippen molar-refractivity contribution in [3.8, 4) is 11.4 Å². The zero-order chi connectivity index (χ0) is 18.1. The van der Waals surface area contributed by atoms with Crippen molar-refractivity contribution < 1.29 is 4.79 Å². The van der Waals surface area contributed by atoms with Gasteiger partial charge in [-0.25, -0.2) is 4.98 Å². The van der Waals surface area contributed by atoms with Gasteiger partial charge in [0.2, 0.25) is 0 Å². The van der Waals surface area contributed by atoms with E-state index < -0.39 is 0 Å². The number of benzene rings is 1. The lowest BCUT2D eigenvalue weighted by atomic mass is 10.1. The van der Waals surface area contributed by atoms with Crippen molar-refractivity contribution in [3.05, 3.63) is 66.5 Å². The molecule has 0 aliphatic carbocycles. The number of para-hydroxylation sites is 1. The summed E-state index contributed by atoms with van der Waals surface area (Å²) in [5.41, 5.74) is 3.22. The lowest BCUT2D eigenvalue weighted by Gasteiger charge is -2.11. The molecule has 0 saturated carbocycles. The first-order valence-electron chi connectivity index (χ1n) is 8.52. The van der Waals surface area contributed by atoms with Crippen LogP contribution in [0.1, 0.15) is 30.2 Å². The van der Waals surface area contributed by atoms with E-state index >= 15 is 0 Å². The number of hydrogen-bond acceptors (Lipinski definition) is 3. The molecule has 3 aromatic heterocycles. The fourth-order valence-corrected chi connectivity index (χ4v) is 3.02. The van der Waals surface area contributed by atoms with E-state index in [2.05, 4.69) is 34.2 Å². The monoisotopic (exact) mass is 345 g/mol. The average Bonchev–Trinajstić information content (AvgIpc) is 3.29. The normalized spacial score (nSPS) is 11.2. The molecule has 0 aliphatic rings. The molecule has 3 heterocycles. The third-order valence-electron chi connectivity index (χ3n) is 4.25. The molecule has 2 N–H and O–H groups in total. The Kier molecular flexibility index (Phi) is 4.01. The molecular weight excluding hydrogens is 326 g/mol. The standard InChI is InChI=1S/C20H19N5O/c1-13(2)25-18(10-11-22-25)17-8-5-9-19(23-17)24-20(26)15-12-21-16-7-4-3-6-14(15)16/h3-13,21H,1-2H3,(H,23,24,26). The van der Waals surface area contributed by atoms with E-state index in [1.807, 2.05) is 47.1 Å². The Morgan fingerprint density at radius 3 is 2.81 bits per heavy atom. The van der Waals surface area contributed by atoms with Gasteiger partial charge in [-0.3, -0.25) is 9.48 Å². The van der Waals surface area contributed by atoms with Crippen LogP contribution in [0.25, 0.3) is 22.3 Å². The van der Waals surface area contributed by atoms with Crippen molar-refractivity contribution >= 4 is 22.6 Å². The first-order valence-corrected chi connectivity index (χ1v) is 8.52. The fraction of sp³-hybridized carbons (Fsp3) is 0.150. The number of nitrogens with one attached hydrogen (secondary N) is 2. The molecule has 0 aliphatic heterocycles. The summed E-state index contributed by atoms with van der Waals surface area (Å²) in [6.07, 6.45) is 3.48. The van der Waals surface area contributed by atoms with Crippen molar-refractivity contribution in [1.82, 2.24) is 19.7 Å². The van der Waals surface area contributed by atoms with E-state index in [-0.39, 0.29) is 11.9 Å². The summed E-state index contributed by atoms with van der Waals surface area (Å²) in [6.45, 7) is 4.14. The number of carbonyl (C=O) groups excluding carboxylic acids is 1. The Bertz CT molecular complexity index is 1080. The number of rotatable bonds is 4. The number of anilines is 1. The molecule has 1 amide bonds. The zero-order valence-electron chi connectivity index (χ0n) is 14.6. The molecule has 6 heteroatoms. The van der Waals surface area contributed by atoms with Crippen LogP contribution in [0.3, 0.4) is 0 Å². The van der Waals surface area contributed by atoms with Crippen LogP contribution in [-0.2, 0) is 0 Å². The van der Waals surface area contributed by atoms with Crippen LogP contribution in [0, 0.1) is 0 Å². The lowest BCUT2D eigenvalue weighted by molar-refractivity contribution is 0.102. The Hall–Kier alpha value is -3.41. The van der Waals surface area contributed by atoms with Gasteiger partial charge < -0.3 is 10.3 Å². The van der Waals surface area contributed by atoms with Crippen LogP contribution >= 0.6 is 0 Å². The minimum Gasteiger partial charge on any atom is -0.360 e. The highest BCUT2D eigenvalue weighted by Crippen LogP contribution is 2.23. The van der Waals surface area contributed by atoms with Gasteiger partial charge in [-0.15, -0.1) is 0 Å². The molecule has 1 aromatic carbocycles. The molecule has 0 unspecified atom stereocenters. The maximum absolute atomic E-state index is 12.7. The zero-order valence-corrected chi connectivity index (χ0v) is 14.6.